The van der Waals surface area contributed by atoms with E-state index >= 15 is 0 Å². The lowest BCUT2D eigenvalue weighted by Gasteiger charge is -2.19. The third kappa shape index (κ3) is 2.75. The molecule has 19 heavy (non-hydrogen) atoms. The molecule has 1 aromatic rings. The van der Waals surface area contributed by atoms with Crippen LogP contribution < -0.4 is 4.74 Å². The molecule has 0 spiro atoms. The third-order valence-electron chi connectivity index (χ3n) is 4.36. The van der Waals surface area contributed by atoms with Crippen LogP contribution >= 0.6 is 0 Å². The molecule has 3 heteroatoms. The molecule has 2 aliphatic carbocycles. The van der Waals surface area contributed by atoms with Gasteiger partial charge in [0, 0.05) is 0 Å². The monoisotopic (exact) mass is 260 g/mol. The Morgan fingerprint density at radius 1 is 1.16 bits per heavy atom. The minimum absolute atomic E-state index is 0.0720. The van der Waals surface area contributed by atoms with Crippen LogP contribution in [0.2, 0.25) is 0 Å². The second-order valence-electron chi connectivity index (χ2n) is 5.73. The van der Waals surface area contributed by atoms with Crippen molar-refractivity contribution in [1.29, 1.82) is 0 Å². The summed E-state index contributed by atoms with van der Waals surface area (Å²) in [6.07, 6.45) is 7.19. The second kappa shape index (κ2) is 5.24. The van der Waals surface area contributed by atoms with Crippen LogP contribution in [0.3, 0.4) is 0 Å². The maximum absolute atomic E-state index is 10.9. The van der Waals surface area contributed by atoms with E-state index in [0.717, 1.165) is 25.0 Å². The van der Waals surface area contributed by atoms with Crippen molar-refractivity contribution in [2.45, 2.75) is 51.0 Å². The van der Waals surface area contributed by atoms with E-state index in [1.54, 1.807) is 0 Å². The summed E-state index contributed by atoms with van der Waals surface area (Å²) >= 11 is 0. The lowest BCUT2D eigenvalue weighted by atomic mass is 9.92. The number of carbonyl (C=O) groups is 1. The van der Waals surface area contributed by atoms with Gasteiger partial charge in [-0.25, -0.2) is 0 Å². The Kier molecular flexibility index (Phi) is 3.45. The van der Waals surface area contributed by atoms with Gasteiger partial charge in [-0.15, -0.1) is 0 Å². The highest BCUT2D eigenvalue weighted by Gasteiger charge is 2.31. The number of fused-ring (bicyclic) bond motifs is 1. The molecule has 1 fully saturated rings. The fourth-order valence-corrected chi connectivity index (χ4v) is 3.25. The number of hydrogen-bond acceptors (Lipinski definition) is 2. The Labute approximate surface area is 113 Å². The topological polar surface area (TPSA) is 46.5 Å². The number of ether oxygens (including phenoxy) is 1. The molecule has 1 saturated carbocycles. The maximum atomic E-state index is 10.9. The van der Waals surface area contributed by atoms with Crippen LogP contribution in [-0.4, -0.2) is 17.2 Å². The average Bonchev–Trinajstić information content (AvgIpc) is 2.87. The first kappa shape index (κ1) is 12.5. The minimum Gasteiger partial charge on any atom is -0.490 e. The second-order valence-corrected chi connectivity index (χ2v) is 5.73. The molecular formula is C16H20O3. The Morgan fingerprint density at radius 3 is 2.68 bits per heavy atom. The zero-order valence-electron chi connectivity index (χ0n) is 11.1. The first-order valence-corrected chi connectivity index (χ1v) is 7.23. The standard InChI is InChI=1S/C16H20O3/c17-16(18)13-6-8-15(10-13)19-14-7-5-11-3-1-2-4-12(11)9-14/h5,7,9,13,15H,1-4,6,8,10H2,(H,17,18). The average molecular weight is 260 g/mol. The largest absolute Gasteiger partial charge is 0.490 e. The molecule has 1 N–H and O–H groups in total. The summed E-state index contributed by atoms with van der Waals surface area (Å²) in [5, 5.41) is 9.00. The highest BCUT2D eigenvalue weighted by atomic mass is 16.5. The van der Waals surface area contributed by atoms with Gasteiger partial charge in [-0.1, -0.05) is 6.07 Å². The van der Waals surface area contributed by atoms with E-state index in [2.05, 4.69) is 12.1 Å². The number of carboxylic acids is 1. The van der Waals surface area contributed by atoms with E-state index in [9.17, 15) is 4.79 Å². The maximum Gasteiger partial charge on any atom is 0.306 e. The number of hydrogen-bond donors (Lipinski definition) is 1. The molecule has 0 aliphatic heterocycles. The zero-order valence-corrected chi connectivity index (χ0v) is 11.1. The zero-order chi connectivity index (χ0) is 13.2. The molecule has 0 heterocycles. The van der Waals surface area contributed by atoms with Crippen molar-refractivity contribution in [2.24, 2.45) is 5.92 Å². The molecule has 0 amide bonds. The first-order chi connectivity index (χ1) is 9.22. The van der Waals surface area contributed by atoms with Crippen LogP contribution in [0.25, 0.3) is 0 Å². The minimum atomic E-state index is -0.684. The molecule has 102 valence electrons. The molecule has 2 atom stereocenters. The molecule has 0 saturated heterocycles. The smallest absolute Gasteiger partial charge is 0.306 e. The van der Waals surface area contributed by atoms with Gasteiger partial charge in [-0.2, -0.15) is 0 Å². The Bertz CT molecular complexity index is 481. The van der Waals surface area contributed by atoms with Gasteiger partial charge >= 0.3 is 5.97 Å². The summed E-state index contributed by atoms with van der Waals surface area (Å²) in [7, 11) is 0. The predicted octanol–water partition coefficient (Wildman–Crippen LogP) is 3.20. The third-order valence-corrected chi connectivity index (χ3v) is 4.36. The lowest BCUT2D eigenvalue weighted by molar-refractivity contribution is -0.141. The molecule has 0 bridgehead atoms. The fraction of sp³-hybridized carbons (Fsp3) is 0.562. The highest BCUT2D eigenvalue weighted by Crippen LogP contribution is 2.31. The molecule has 2 aliphatic rings. The summed E-state index contributed by atoms with van der Waals surface area (Å²) in [6, 6.07) is 6.37. The van der Waals surface area contributed by atoms with E-state index in [4.69, 9.17) is 9.84 Å². The Morgan fingerprint density at radius 2 is 1.95 bits per heavy atom. The molecule has 0 aromatic heterocycles. The van der Waals surface area contributed by atoms with Gasteiger partial charge in [0.15, 0.2) is 0 Å². The van der Waals surface area contributed by atoms with Crippen LogP contribution in [-0.2, 0) is 17.6 Å². The van der Waals surface area contributed by atoms with Gasteiger partial charge in [-0.3, -0.25) is 4.79 Å². The summed E-state index contributed by atoms with van der Waals surface area (Å²) < 4.78 is 5.96. The predicted molar refractivity (Wildman–Crippen MR) is 72.5 cm³/mol. The van der Waals surface area contributed by atoms with E-state index in [1.165, 1.54) is 30.4 Å². The van der Waals surface area contributed by atoms with Crippen molar-refractivity contribution in [1.82, 2.24) is 0 Å². The summed E-state index contributed by atoms with van der Waals surface area (Å²) in [6.45, 7) is 0. The molecular weight excluding hydrogens is 240 g/mol. The van der Waals surface area contributed by atoms with E-state index in [1.807, 2.05) is 6.07 Å². The van der Waals surface area contributed by atoms with Gasteiger partial charge in [0.2, 0.25) is 0 Å². The van der Waals surface area contributed by atoms with Crippen molar-refractivity contribution in [3.05, 3.63) is 29.3 Å². The number of rotatable bonds is 3. The Balaban J connectivity index is 1.66. The summed E-state index contributed by atoms with van der Waals surface area (Å²) in [4.78, 5) is 10.9. The van der Waals surface area contributed by atoms with Gasteiger partial charge in [-0.05, 0) is 68.2 Å². The first-order valence-electron chi connectivity index (χ1n) is 7.23. The van der Waals surface area contributed by atoms with Crippen LogP contribution in [0.15, 0.2) is 18.2 Å². The van der Waals surface area contributed by atoms with Crippen molar-refractivity contribution in [3.8, 4) is 5.75 Å². The molecule has 0 radical (unpaired) electrons. The molecule has 3 rings (SSSR count). The quantitative estimate of drug-likeness (QED) is 0.907. The number of aryl methyl sites for hydroxylation is 2. The highest BCUT2D eigenvalue weighted by molar-refractivity contribution is 5.70. The van der Waals surface area contributed by atoms with Crippen LogP contribution in [0.5, 0.6) is 5.75 Å². The van der Waals surface area contributed by atoms with E-state index < -0.39 is 5.97 Å². The van der Waals surface area contributed by atoms with Crippen molar-refractivity contribution >= 4 is 5.97 Å². The van der Waals surface area contributed by atoms with Gasteiger partial charge in [0.25, 0.3) is 0 Å². The number of benzene rings is 1. The Hall–Kier alpha value is -1.51. The molecule has 2 unspecified atom stereocenters. The van der Waals surface area contributed by atoms with Gasteiger partial charge in [0.1, 0.15) is 5.75 Å². The summed E-state index contributed by atoms with van der Waals surface area (Å²) in [5.41, 5.74) is 2.87. The van der Waals surface area contributed by atoms with Crippen molar-refractivity contribution < 1.29 is 14.6 Å². The number of aliphatic carboxylic acids is 1. The van der Waals surface area contributed by atoms with Crippen LogP contribution in [0, 0.1) is 5.92 Å². The van der Waals surface area contributed by atoms with Gasteiger partial charge in [0.05, 0.1) is 12.0 Å². The van der Waals surface area contributed by atoms with Crippen LogP contribution in [0.4, 0.5) is 0 Å². The summed E-state index contributed by atoms with van der Waals surface area (Å²) in [5.74, 6) is 0.0101. The number of carboxylic acid groups (broad SMARTS) is 1. The molecule has 1 aromatic carbocycles. The van der Waals surface area contributed by atoms with Crippen molar-refractivity contribution in [2.75, 3.05) is 0 Å². The normalized spacial score (nSPS) is 25.9. The van der Waals surface area contributed by atoms with Gasteiger partial charge < -0.3 is 9.84 Å². The van der Waals surface area contributed by atoms with Crippen LogP contribution in [0.1, 0.15) is 43.2 Å². The SMILES string of the molecule is O=C(O)C1CCC(Oc2ccc3c(c2)CCCC3)C1. The van der Waals surface area contributed by atoms with E-state index in [-0.39, 0.29) is 12.0 Å². The van der Waals surface area contributed by atoms with E-state index in [0.29, 0.717) is 6.42 Å². The van der Waals surface area contributed by atoms with Crippen molar-refractivity contribution in [3.63, 3.8) is 0 Å². The fourth-order valence-electron chi connectivity index (χ4n) is 3.25. The molecule has 3 nitrogen and oxygen atoms in total. The lowest BCUT2D eigenvalue weighted by Crippen LogP contribution is -2.16.